The van der Waals surface area contributed by atoms with E-state index in [0.717, 1.165) is 31.1 Å². The van der Waals surface area contributed by atoms with Crippen LogP contribution in [0.4, 0.5) is 13.2 Å². The van der Waals surface area contributed by atoms with Crippen molar-refractivity contribution in [2.45, 2.75) is 45.6 Å². The lowest BCUT2D eigenvalue weighted by Crippen LogP contribution is -2.24. The first-order chi connectivity index (χ1) is 13.8. The predicted octanol–water partition coefficient (Wildman–Crippen LogP) is 2.00. The molecule has 1 N–H and O–H groups in total. The molecule has 29 heavy (non-hydrogen) atoms. The Kier molecular flexibility index (Phi) is 6.20. The third-order valence-electron chi connectivity index (χ3n) is 3.98. The third kappa shape index (κ3) is 5.83. The van der Waals surface area contributed by atoms with Crippen LogP contribution in [0.2, 0.25) is 0 Å². The van der Waals surface area contributed by atoms with E-state index in [1.54, 1.807) is 9.36 Å². The summed E-state index contributed by atoms with van der Waals surface area (Å²) < 4.78 is 41.3. The molecule has 3 aromatic heterocycles. The fourth-order valence-corrected chi connectivity index (χ4v) is 2.56. The Labute approximate surface area is 163 Å². The lowest BCUT2D eigenvalue weighted by atomic mass is 10.3. The van der Waals surface area contributed by atoms with E-state index >= 15 is 0 Å². The number of nitrogens with zero attached hydrogens (tertiary/aromatic N) is 7. The van der Waals surface area contributed by atoms with Crippen LogP contribution in [0.3, 0.4) is 0 Å². The minimum atomic E-state index is -4.53. The van der Waals surface area contributed by atoms with Gasteiger partial charge in [-0.25, -0.2) is 4.98 Å². The maximum absolute atomic E-state index is 12.7. The molecule has 0 unspecified atom stereocenters. The number of amides is 1. The lowest BCUT2D eigenvalue weighted by molar-refractivity contribution is -0.141. The van der Waals surface area contributed by atoms with Crippen LogP contribution in [-0.2, 0) is 25.8 Å². The first-order valence-electron chi connectivity index (χ1n) is 8.89. The minimum Gasteiger partial charge on any atom is -0.345 e. The molecule has 9 nitrogen and oxygen atoms in total. The van der Waals surface area contributed by atoms with Crippen molar-refractivity contribution in [1.82, 2.24) is 40.3 Å². The van der Waals surface area contributed by atoms with Gasteiger partial charge >= 0.3 is 6.18 Å². The Bertz CT molecular complexity index is 965. The van der Waals surface area contributed by atoms with Gasteiger partial charge in [0.05, 0.1) is 24.1 Å². The van der Waals surface area contributed by atoms with Crippen LogP contribution in [-0.4, -0.2) is 40.9 Å². The number of hydrogen-bond donors (Lipinski definition) is 1. The second-order valence-electron chi connectivity index (χ2n) is 6.39. The second kappa shape index (κ2) is 8.80. The molecule has 0 aromatic carbocycles. The molecule has 0 radical (unpaired) electrons. The van der Waals surface area contributed by atoms with Gasteiger partial charge in [0, 0.05) is 19.3 Å². The van der Waals surface area contributed by atoms with Crippen LogP contribution in [0, 0.1) is 6.92 Å². The molecule has 0 bridgehead atoms. The second-order valence-corrected chi connectivity index (χ2v) is 6.39. The van der Waals surface area contributed by atoms with Crippen molar-refractivity contribution in [2.24, 2.45) is 0 Å². The number of alkyl halides is 3. The zero-order chi connectivity index (χ0) is 20.9. The summed E-state index contributed by atoms with van der Waals surface area (Å²) in [7, 11) is 0. The Morgan fingerprint density at radius 3 is 2.41 bits per heavy atom. The van der Waals surface area contributed by atoms with Crippen molar-refractivity contribution >= 4 is 5.91 Å². The highest BCUT2D eigenvalue weighted by atomic mass is 19.4. The van der Waals surface area contributed by atoms with Crippen LogP contribution in [0.15, 0.2) is 30.6 Å². The molecule has 3 rings (SSSR count). The van der Waals surface area contributed by atoms with E-state index in [0.29, 0.717) is 6.54 Å². The zero-order valence-corrected chi connectivity index (χ0v) is 15.6. The fraction of sp³-hybridized carbons (Fsp3) is 0.412. The van der Waals surface area contributed by atoms with Crippen LogP contribution >= 0.6 is 0 Å². The maximum atomic E-state index is 12.7. The monoisotopic (exact) mass is 408 g/mol. The molecular formula is C17H19F3N8O. The number of unbranched alkanes of at least 4 members (excludes halogenated alkanes) is 1. The summed E-state index contributed by atoms with van der Waals surface area (Å²) in [4.78, 5) is 15.6. The summed E-state index contributed by atoms with van der Waals surface area (Å²) in [5, 5.41) is 18.1. The molecule has 12 heteroatoms. The highest BCUT2D eigenvalue weighted by molar-refractivity contribution is 5.91. The summed E-state index contributed by atoms with van der Waals surface area (Å²) in [6.07, 6.45) is 0.476. The molecule has 154 valence electrons. The molecule has 3 aromatic rings. The predicted molar refractivity (Wildman–Crippen MR) is 94.4 cm³/mol. The van der Waals surface area contributed by atoms with E-state index in [9.17, 15) is 18.0 Å². The Hall–Kier alpha value is -3.31. The van der Waals surface area contributed by atoms with E-state index in [4.69, 9.17) is 0 Å². The van der Waals surface area contributed by atoms with Gasteiger partial charge in [0.1, 0.15) is 5.69 Å². The van der Waals surface area contributed by atoms with E-state index in [-0.39, 0.29) is 17.9 Å². The molecule has 0 aliphatic heterocycles. The first kappa shape index (κ1) is 20.4. The summed E-state index contributed by atoms with van der Waals surface area (Å²) in [5.74, 6) is -0.534. The number of aromatic nitrogens is 7. The SMILES string of the molecule is Cc1cn(CCCCn2cc(C(=O)NCc3cccc(C(F)(F)F)n3)nn2)nn1. The van der Waals surface area contributed by atoms with Gasteiger partial charge in [-0.05, 0) is 31.9 Å². The number of halogens is 3. The largest absolute Gasteiger partial charge is 0.433 e. The number of pyridine rings is 1. The highest BCUT2D eigenvalue weighted by Gasteiger charge is 2.32. The quantitative estimate of drug-likeness (QED) is 0.572. The van der Waals surface area contributed by atoms with Crippen LogP contribution in [0.5, 0.6) is 0 Å². The van der Waals surface area contributed by atoms with Crippen molar-refractivity contribution in [3.05, 3.63) is 53.4 Å². The number of aryl methyl sites for hydroxylation is 3. The Balaban J connectivity index is 1.45. The third-order valence-corrected chi connectivity index (χ3v) is 3.98. The van der Waals surface area contributed by atoms with Gasteiger partial charge in [-0.1, -0.05) is 16.5 Å². The zero-order valence-electron chi connectivity index (χ0n) is 15.6. The van der Waals surface area contributed by atoms with Gasteiger partial charge in [-0.3, -0.25) is 14.2 Å². The molecule has 0 spiro atoms. The van der Waals surface area contributed by atoms with Crippen molar-refractivity contribution in [2.75, 3.05) is 0 Å². The standard InChI is InChI=1S/C17H19F3N8O/c1-12-10-27(25-23-12)7-2-3-8-28-11-14(24-26-28)16(29)21-9-13-5-4-6-15(22-13)17(18,19)20/h4-6,10-11H,2-3,7-9H2,1H3,(H,21,29). The summed E-state index contributed by atoms with van der Waals surface area (Å²) in [6, 6.07) is 3.53. The molecular weight excluding hydrogens is 389 g/mol. The van der Waals surface area contributed by atoms with Crippen LogP contribution in [0.25, 0.3) is 0 Å². The summed E-state index contributed by atoms with van der Waals surface area (Å²) >= 11 is 0. The molecule has 3 heterocycles. The topological polar surface area (TPSA) is 103 Å². The van der Waals surface area contributed by atoms with E-state index in [1.807, 2.05) is 13.1 Å². The molecule has 0 fully saturated rings. The molecule has 0 aliphatic rings. The van der Waals surface area contributed by atoms with Gasteiger partial charge < -0.3 is 5.32 Å². The average molecular weight is 408 g/mol. The average Bonchev–Trinajstić information content (AvgIpc) is 3.32. The van der Waals surface area contributed by atoms with E-state index in [2.05, 4.69) is 30.9 Å². The normalized spacial score (nSPS) is 11.6. The van der Waals surface area contributed by atoms with Crippen molar-refractivity contribution in [3.63, 3.8) is 0 Å². The number of carbonyl (C=O) groups is 1. The van der Waals surface area contributed by atoms with Gasteiger partial charge in [-0.2, -0.15) is 13.2 Å². The van der Waals surface area contributed by atoms with Gasteiger partial charge in [0.2, 0.25) is 0 Å². The smallest absolute Gasteiger partial charge is 0.345 e. The number of nitrogens with one attached hydrogen (secondary N) is 1. The number of carbonyl (C=O) groups excluding carboxylic acids is 1. The molecule has 0 saturated carbocycles. The van der Waals surface area contributed by atoms with Crippen molar-refractivity contribution in [3.8, 4) is 0 Å². The fourth-order valence-electron chi connectivity index (χ4n) is 2.56. The van der Waals surface area contributed by atoms with Crippen molar-refractivity contribution in [1.29, 1.82) is 0 Å². The lowest BCUT2D eigenvalue weighted by Gasteiger charge is -2.08. The van der Waals surface area contributed by atoms with Crippen LogP contribution in [0.1, 0.15) is 40.4 Å². The minimum absolute atomic E-state index is 0.0869. The Morgan fingerprint density at radius 1 is 1.07 bits per heavy atom. The first-order valence-corrected chi connectivity index (χ1v) is 8.89. The van der Waals surface area contributed by atoms with Crippen molar-refractivity contribution < 1.29 is 18.0 Å². The molecule has 1 amide bonds. The Morgan fingerprint density at radius 2 is 1.76 bits per heavy atom. The molecule has 0 aliphatic carbocycles. The van der Waals surface area contributed by atoms with E-state index < -0.39 is 17.8 Å². The maximum Gasteiger partial charge on any atom is 0.433 e. The van der Waals surface area contributed by atoms with E-state index in [1.165, 1.54) is 18.3 Å². The molecule has 0 saturated heterocycles. The van der Waals surface area contributed by atoms with Gasteiger partial charge in [0.25, 0.3) is 5.91 Å². The number of hydrogen-bond acceptors (Lipinski definition) is 6. The molecule has 0 atom stereocenters. The summed E-state index contributed by atoms with van der Waals surface area (Å²) in [5.41, 5.74) is 0.0429. The van der Waals surface area contributed by atoms with Crippen LogP contribution < -0.4 is 5.32 Å². The number of rotatable bonds is 8. The van der Waals surface area contributed by atoms with Gasteiger partial charge in [-0.15, -0.1) is 10.2 Å². The highest BCUT2D eigenvalue weighted by Crippen LogP contribution is 2.27. The van der Waals surface area contributed by atoms with Gasteiger partial charge in [0.15, 0.2) is 5.69 Å². The summed E-state index contributed by atoms with van der Waals surface area (Å²) in [6.45, 7) is 3.03.